The maximum Gasteiger partial charge on any atom is 0.228 e. The molecule has 1 aliphatic carbocycles. The number of fused-ring (bicyclic) bond motifs is 1. The Morgan fingerprint density at radius 2 is 1.62 bits per heavy atom. The SMILES string of the molecule is COc1ccc(N2COC3=C(C2)C(=O)c2ccccc2C3=O)cc1. The largest absolute Gasteiger partial charge is 0.497 e. The standard InChI is InChI=1S/C19H15NO4/c1-23-13-8-6-12(7-9-13)20-10-16-17(21)14-4-2-3-5-15(14)18(22)19(16)24-11-20/h2-9H,10-11H2,1H3. The quantitative estimate of drug-likeness (QED) is 0.851. The van der Waals surface area contributed by atoms with Crippen molar-refractivity contribution in [3.05, 3.63) is 71.0 Å². The Bertz CT molecular complexity index is 867. The number of hydrogen-bond acceptors (Lipinski definition) is 5. The molecule has 2 aromatic rings. The zero-order chi connectivity index (χ0) is 16.7. The Morgan fingerprint density at radius 1 is 0.958 bits per heavy atom. The zero-order valence-electron chi connectivity index (χ0n) is 13.1. The molecule has 0 saturated carbocycles. The molecule has 0 saturated heterocycles. The number of allylic oxidation sites excluding steroid dienone is 1. The first-order valence-corrected chi connectivity index (χ1v) is 7.62. The zero-order valence-corrected chi connectivity index (χ0v) is 13.1. The van der Waals surface area contributed by atoms with Crippen LogP contribution >= 0.6 is 0 Å². The molecule has 0 unspecified atom stereocenters. The lowest BCUT2D eigenvalue weighted by molar-refractivity contribution is 0.0847. The first-order valence-electron chi connectivity index (χ1n) is 7.62. The van der Waals surface area contributed by atoms with Crippen LogP contribution in [0.1, 0.15) is 20.7 Å². The van der Waals surface area contributed by atoms with Gasteiger partial charge in [0.2, 0.25) is 5.78 Å². The van der Waals surface area contributed by atoms with E-state index in [1.54, 1.807) is 31.4 Å². The van der Waals surface area contributed by atoms with E-state index in [1.807, 2.05) is 29.2 Å². The van der Waals surface area contributed by atoms with Crippen LogP contribution < -0.4 is 9.64 Å². The first kappa shape index (κ1) is 14.5. The molecule has 0 aromatic heterocycles. The highest BCUT2D eigenvalue weighted by Gasteiger charge is 2.36. The summed E-state index contributed by atoms with van der Waals surface area (Å²) in [7, 11) is 1.61. The molecule has 0 radical (unpaired) electrons. The van der Waals surface area contributed by atoms with Gasteiger partial charge in [0.15, 0.2) is 18.3 Å². The maximum absolute atomic E-state index is 12.7. The molecule has 0 atom stereocenters. The number of carbonyl (C=O) groups is 2. The molecule has 1 heterocycles. The Hall–Kier alpha value is -3.08. The number of Topliss-reactive ketones (excluding diaryl/α,β-unsaturated/α-hetero) is 2. The van der Waals surface area contributed by atoms with E-state index in [0.717, 1.165) is 11.4 Å². The Morgan fingerprint density at radius 3 is 2.29 bits per heavy atom. The topological polar surface area (TPSA) is 55.8 Å². The molecule has 0 amide bonds. The van der Waals surface area contributed by atoms with Crippen LogP contribution in [-0.4, -0.2) is 32.0 Å². The summed E-state index contributed by atoms with van der Waals surface area (Å²) in [4.78, 5) is 27.2. The summed E-state index contributed by atoms with van der Waals surface area (Å²) < 4.78 is 10.8. The summed E-state index contributed by atoms with van der Waals surface area (Å²) in [5.74, 6) is 0.589. The molecule has 120 valence electrons. The number of carbonyl (C=O) groups excluding carboxylic acids is 2. The molecule has 2 aliphatic rings. The average molecular weight is 321 g/mol. The Labute approximate surface area is 139 Å². The lowest BCUT2D eigenvalue weighted by atomic mass is 9.87. The fraction of sp³-hybridized carbons (Fsp3) is 0.158. The summed E-state index contributed by atoms with van der Waals surface area (Å²) in [6, 6.07) is 14.4. The van der Waals surface area contributed by atoms with E-state index >= 15 is 0 Å². The maximum atomic E-state index is 12.7. The number of rotatable bonds is 2. The fourth-order valence-corrected chi connectivity index (χ4v) is 3.04. The minimum atomic E-state index is -0.213. The van der Waals surface area contributed by atoms with Gasteiger partial charge in [0.05, 0.1) is 19.2 Å². The molecular weight excluding hydrogens is 306 g/mol. The number of benzene rings is 2. The fourth-order valence-electron chi connectivity index (χ4n) is 3.04. The number of methoxy groups -OCH3 is 1. The number of hydrogen-bond donors (Lipinski definition) is 0. The summed E-state index contributed by atoms with van der Waals surface area (Å²) >= 11 is 0. The normalized spacial score (nSPS) is 16.5. The third-order valence-corrected chi connectivity index (χ3v) is 4.32. The van der Waals surface area contributed by atoms with Gasteiger partial charge in [-0.25, -0.2) is 0 Å². The molecular formula is C19H15NO4. The molecule has 5 nitrogen and oxygen atoms in total. The van der Waals surface area contributed by atoms with Crippen LogP contribution in [0.2, 0.25) is 0 Å². The van der Waals surface area contributed by atoms with Gasteiger partial charge in [-0.2, -0.15) is 0 Å². The van der Waals surface area contributed by atoms with Crippen molar-refractivity contribution in [2.75, 3.05) is 25.3 Å². The highest BCUT2D eigenvalue weighted by atomic mass is 16.5. The van der Waals surface area contributed by atoms with Gasteiger partial charge in [0, 0.05) is 16.8 Å². The van der Waals surface area contributed by atoms with E-state index in [2.05, 4.69) is 0 Å². The monoisotopic (exact) mass is 321 g/mol. The highest BCUT2D eigenvalue weighted by molar-refractivity contribution is 6.26. The van der Waals surface area contributed by atoms with Crippen molar-refractivity contribution in [1.29, 1.82) is 0 Å². The first-order chi connectivity index (χ1) is 11.7. The van der Waals surface area contributed by atoms with Crippen LogP contribution in [0.25, 0.3) is 0 Å². The number of nitrogens with zero attached hydrogens (tertiary/aromatic N) is 1. The summed E-state index contributed by atoms with van der Waals surface area (Å²) in [6.45, 7) is 0.576. The van der Waals surface area contributed by atoms with Crippen molar-refractivity contribution in [3.63, 3.8) is 0 Å². The van der Waals surface area contributed by atoms with Crippen molar-refractivity contribution in [3.8, 4) is 5.75 Å². The number of ketones is 2. The van der Waals surface area contributed by atoms with Crippen molar-refractivity contribution in [1.82, 2.24) is 0 Å². The van der Waals surface area contributed by atoms with E-state index in [-0.39, 0.29) is 24.1 Å². The predicted molar refractivity (Wildman–Crippen MR) is 88.4 cm³/mol. The van der Waals surface area contributed by atoms with Gasteiger partial charge in [-0.05, 0) is 24.3 Å². The summed E-state index contributed by atoms with van der Waals surface area (Å²) in [5.41, 5.74) is 2.18. The second-order valence-corrected chi connectivity index (χ2v) is 5.68. The van der Waals surface area contributed by atoms with Gasteiger partial charge in [-0.15, -0.1) is 0 Å². The number of ether oxygens (including phenoxy) is 2. The Balaban J connectivity index is 1.67. The van der Waals surface area contributed by atoms with Gasteiger partial charge in [-0.1, -0.05) is 24.3 Å². The van der Waals surface area contributed by atoms with Crippen LogP contribution in [-0.2, 0) is 4.74 Å². The molecule has 4 rings (SSSR count). The van der Waals surface area contributed by atoms with Crippen molar-refractivity contribution in [2.24, 2.45) is 0 Å². The predicted octanol–water partition coefficient (Wildman–Crippen LogP) is 2.82. The Kier molecular flexibility index (Phi) is 3.34. The van der Waals surface area contributed by atoms with E-state index in [1.165, 1.54) is 0 Å². The molecule has 5 heteroatoms. The van der Waals surface area contributed by atoms with Crippen molar-refractivity contribution < 1.29 is 19.1 Å². The van der Waals surface area contributed by atoms with Gasteiger partial charge in [0.25, 0.3) is 0 Å². The van der Waals surface area contributed by atoms with Crippen molar-refractivity contribution in [2.45, 2.75) is 0 Å². The lowest BCUT2D eigenvalue weighted by Gasteiger charge is -2.33. The van der Waals surface area contributed by atoms with Crippen LogP contribution in [0, 0.1) is 0 Å². The minimum absolute atomic E-state index is 0.140. The smallest absolute Gasteiger partial charge is 0.228 e. The average Bonchev–Trinajstić information content (AvgIpc) is 2.66. The van der Waals surface area contributed by atoms with E-state index in [0.29, 0.717) is 23.2 Å². The lowest BCUT2D eigenvalue weighted by Crippen LogP contribution is -2.39. The van der Waals surface area contributed by atoms with Crippen LogP contribution in [0.15, 0.2) is 59.9 Å². The van der Waals surface area contributed by atoms with Crippen LogP contribution in [0.3, 0.4) is 0 Å². The minimum Gasteiger partial charge on any atom is -0.497 e. The second-order valence-electron chi connectivity index (χ2n) is 5.68. The van der Waals surface area contributed by atoms with Gasteiger partial charge in [0.1, 0.15) is 5.75 Å². The van der Waals surface area contributed by atoms with Crippen LogP contribution in [0.5, 0.6) is 5.75 Å². The molecule has 0 fully saturated rings. The third kappa shape index (κ3) is 2.17. The van der Waals surface area contributed by atoms with Gasteiger partial charge >= 0.3 is 0 Å². The van der Waals surface area contributed by atoms with E-state index in [9.17, 15) is 9.59 Å². The molecule has 1 aliphatic heterocycles. The van der Waals surface area contributed by atoms with Crippen LogP contribution in [0.4, 0.5) is 5.69 Å². The van der Waals surface area contributed by atoms with E-state index in [4.69, 9.17) is 9.47 Å². The van der Waals surface area contributed by atoms with E-state index < -0.39 is 0 Å². The summed E-state index contributed by atoms with van der Waals surface area (Å²) in [6.07, 6.45) is 0. The highest BCUT2D eigenvalue weighted by Crippen LogP contribution is 2.32. The molecule has 0 spiro atoms. The molecule has 2 aromatic carbocycles. The van der Waals surface area contributed by atoms with Gasteiger partial charge < -0.3 is 14.4 Å². The van der Waals surface area contributed by atoms with Gasteiger partial charge in [-0.3, -0.25) is 9.59 Å². The summed E-state index contributed by atoms with van der Waals surface area (Å²) in [5, 5.41) is 0. The van der Waals surface area contributed by atoms with Crippen molar-refractivity contribution >= 4 is 17.3 Å². The molecule has 0 N–H and O–H groups in total. The third-order valence-electron chi connectivity index (χ3n) is 4.32. The molecule has 0 bridgehead atoms. The molecule has 24 heavy (non-hydrogen) atoms. The number of anilines is 1. The second kappa shape index (κ2) is 5.53.